The molecule has 5 heterocycles. The zero-order valence-electron chi connectivity index (χ0n) is 20.4. The predicted molar refractivity (Wildman–Crippen MR) is 131 cm³/mol. The van der Waals surface area contributed by atoms with Crippen LogP contribution >= 0.6 is 0 Å². The number of nitrogens with two attached hydrogens (primary N) is 1. The van der Waals surface area contributed by atoms with Gasteiger partial charge in [0, 0.05) is 31.0 Å². The second kappa shape index (κ2) is 8.22. The molecule has 0 aromatic carbocycles. The summed E-state index contributed by atoms with van der Waals surface area (Å²) in [5.74, 6) is 0.417. The summed E-state index contributed by atoms with van der Waals surface area (Å²) in [6, 6.07) is 0. The van der Waals surface area contributed by atoms with Gasteiger partial charge in [0.15, 0.2) is 11.5 Å². The van der Waals surface area contributed by atoms with Crippen LogP contribution in [0, 0.1) is 12.8 Å². The number of alkyl halides is 2. The van der Waals surface area contributed by atoms with Gasteiger partial charge < -0.3 is 15.5 Å². The van der Waals surface area contributed by atoms with E-state index >= 15 is 0 Å². The average molecular weight is 506 g/mol. The van der Waals surface area contributed by atoms with Crippen LogP contribution in [-0.2, 0) is 16.6 Å². The fraction of sp³-hybridized carbons (Fsp3) is 0.400. The van der Waals surface area contributed by atoms with Crippen LogP contribution < -0.4 is 11.1 Å². The maximum Gasteiger partial charge on any atom is 0.242 e. The van der Waals surface area contributed by atoms with Gasteiger partial charge >= 0.3 is 0 Å². The zero-order valence-corrected chi connectivity index (χ0v) is 20.4. The molecule has 0 spiro atoms. The molecule has 1 aliphatic carbocycles. The lowest BCUT2D eigenvalue weighted by molar-refractivity contribution is -0.120. The van der Waals surface area contributed by atoms with E-state index in [0.29, 0.717) is 39.8 Å². The van der Waals surface area contributed by atoms with Crippen LogP contribution in [0.3, 0.4) is 0 Å². The summed E-state index contributed by atoms with van der Waals surface area (Å²) in [5, 5.41) is 2.90. The Hall–Kier alpha value is -4.09. The van der Waals surface area contributed by atoms with Crippen LogP contribution in [0.15, 0.2) is 31.0 Å². The van der Waals surface area contributed by atoms with Crippen LogP contribution in [0.5, 0.6) is 0 Å². The van der Waals surface area contributed by atoms with Crippen LogP contribution in [0.2, 0.25) is 0 Å². The molecule has 190 valence electrons. The summed E-state index contributed by atoms with van der Waals surface area (Å²) in [5.41, 5.74) is 6.55. The van der Waals surface area contributed by atoms with Gasteiger partial charge in [0.2, 0.25) is 5.91 Å². The number of hydrogen-bond acceptors (Lipinski definition) is 8. The lowest BCUT2D eigenvalue weighted by atomic mass is 9.74. The van der Waals surface area contributed by atoms with Gasteiger partial charge in [0.25, 0.3) is 0 Å². The largest absolute Gasteiger partial charge is 0.383 e. The van der Waals surface area contributed by atoms with E-state index in [0.717, 1.165) is 12.8 Å². The first-order valence-electron chi connectivity index (χ1n) is 12.1. The molecule has 1 amide bonds. The lowest BCUT2D eigenvalue weighted by Gasteiger charge is -2.27. The van der Waals surface area contributed by atoms with E-state index in [1.807, 2.05) is 6.92 Å². The summed E-state index contributed by atoms with van der Waals surface area (Å²) < 4.78 is 29.1. The smallest absolute Gasteiger partial charge is 0.242 e. The minimum atomic E-state index is -1.97. The summed E-state index contributed by atoms with van der Waals surface area (Å²) in [7, 11) is 0. The molecule has 12 heteroatoms. The van der Waals surface area contributed by atoms with Gasteiger partial charge in [0.1, 0.15) is 35.1 Å². The number of aromatic nitrogens is 7. The number of fused-ring (bicyclic) bond motifs is 2. The Labute approximate surface area is 210 Å². The molecule has 1 fully saturated rings. The number of anilines is 2. The van der Waals surface area contributed by atoms with E-state index < -0.39 is 17.8 Å². The molecule has 2 unspecified atom stereocenters. The molecular formula is C25H25F2N9O. The van der Waals surface area contributed by atoms with Crippen molar-refractivity contribution in [2.45, 2.75) is 50.6 Å². The Kier molecular flexibility index (Phi) is 5.18. The first kappa shape index (κ1) is 23.3. The average Bonchev–Trinajstić information content (AvgIpc) is 3.52. The predicted octanol–water partition coefficient (Wildman–Crippen LogP) is 3.15. The van der Waals surface area contributed by atoms with Gasteiger partial charge in [-0.2, -0.15) is 0 Å². The van der Waals surface area contributed by atoms with Crippen molar-refractivity contribution in [1.82, 2.24) is 34.3 Å². The number of nitrogens with zero attached hydrogens (tertiary/aromatic N) is 7. The van der Waals surface area contributed by atoms with Crippen LogP contribution in [0.25, 0.3) is 17.2 Å². The number of nitrogen functional groups attached to an aromatic ring is 1. The van der Waals surface area contributed by atoms with Crippen molar-refractivity contribution >= 4 is 23.2 Å². The molecule has 2 atom stereocenters. The number of amides is 1. The molecule has 4 aromatic rings. The van der Waals surface area contributed by atoms with E-state index in [9.17, 15) is 13.6 Å². The molecule has 2 aliphatic rings. The van der Waals surface area contributed by atoms with Crippen molar-refractivity contribution in [3.05, 3.63) is 53.6 Å². The van der Waals surface area contributed by atoms with E-state index in [2.05, 4.69) is 35.2 Å². The molecule has 0 saturated heterocycles. The third-order valence-corrected chi connectivity index (χ3v) is 7.10. The van der Waals surface area contributed by atoms with Crippen LogP contribution in [0.1, 0.15) is 48.8 Å². The molecule has 0 radical (unpaired) electrons. The van der Waals surface area contributed by atoms with E-state index in [1.165, 1.54) is 6.92 Å². The molecule has 3 N–H and O–H groups in total. The maximum atomic E-state index is 14.3. The standard InChI is InChI=1S/C25H25F2N9O/c1-13-9-29-10-17(31-13)25(14-3-4-14)18-19(28)33-20(34-21(18)35-23(25)37)16-11-36-8-7-30-22(36)15(32-16)5-6-24(2,27)12-26/h7-11,14H,3-6,12H2,1-2H3,(H3,28,33,34,35,37). The normalized spacial score (nSPS) is 20.6. The number of carbonyl (C=O) groups excluding carboxylic acids is 1. The second-order valence-electron chi connectivity index (χ2n) is 10.0. The maximum absolute atomic E-state index is 14.3. The monoisotopic (exact) mass is 505 g/mol. The Morgan fingerprint density at radius 1 is 1.24 bits per heavy atom. The number of aryl methyl sites for hydroxylation is 2. The molecule has 1 saturated carbocycles. The lowest BCUT2D eigenvalue weighted by Crippen LogP contribution is -2.39. The fourth-order valence-corrected chi connectivity index (χ4v) is 5.12. The number of rotatable bonds is 7. The molecule has 6 rings (SSSR count). The number of halogens is 2. The van der Waals surface area contributed by atoms with Crippen molar-refractivity contribution in [3.63, 3.8) is 0 Å². The van der Waals surface area contributed by atoms with Gasteiger partial charge in [-0.15, -0.1) is 0 Å². The summed E-state index contributed by atoms with van der Waals surface area (Å²) >= 11 is 0. The van der Waals surface area contributed by atoms with E-state index in [-0.39, 0.29) is 36.3 Å². The van der Waals surface area contributed by atoms with Crippen molar-refractivity contribution < 1.29 is 13.6 Å². The van der Waals surface area contributed by atoms with Crippen LogP contribution in [0.4, 0.5) is 20.4 Å². The van der Waals surface area contributed by atoms with Gasteiger partial charge in [-0.25, -0.2) is 28.7 Å². The summed E-state index contributed by atoms with van der Waals surface area (Å²) in [4.78, 5) is 40.6. The highest BCUT2D eigenvalue weighted by Crippen LogP contribution is 2.57. The van der Waals surface area contributed by atoms with Gasteiger partial charge in [-0.05, 0) is 45.4 Å². The number of carbonyl (C=O) groups is 1. The molecule has 0 bridgehead atoms. The van der Waals surface area contributed by atoms with Crippen molar-refractivity contribution in [1.29, 1.82) is 0 Å². The number of hydrogen-bond donors (Lipinski definition) is 2. The van der Waals surface area contributed by atoms with Crippen molar-refractivity contribution in [2.75, 3.05) is 17.7 Å². The van der Waals surface area contributed by atoms with Gasteiger partial charge in [-0.1, -0.05) is 0 Å². The molecule has 1 aliphatic heterocycles. The topological polar surface area (TPSA) is 137 Å². The second-order valence-corrected chi connectivity index (χ2v) is 10.0. The summed E-state index contributed by atoms with van der Waals surface area (Å²) in [6.45, 7) is 1.95. The third-order valence-electron chi connectivity index (χ3n) is 7.10. The highest BCUT2D eigenvalue weighted by molar-refractivity contribution is 6.09. The number of imidazole rings is 1. The summed E-state index contributed by atoms with van der Waals surface area (Å²) in [6.07, 6.45) is 10.0. The molecule has 37 heavy (non-hydrogen) atoms. The number of nitrogens with one attached hydrogen (secondary N) is 1. The highest BCUT2D eigenvalue weighted by Gasteiger charge is 2.60. The van der Waals surface area contributed by atoms with E-state index in [4.69, 9.17) is 5.73 Å². The Morgan fingerprint density at radius 2 is 2.05 bits per heavy atom. The van der Waals surface area contributed by atoms with Gasteiger partial charge in [-0.3, -0.25) is 14.8 Å². The highest BCUT2D eigenvalue weighted by atomic mass is 19.2. The zero-order chi connectivity index (χ0) is 25.9. The first-order chi connectivity index (χ1) is 17.7. The molecule has 10 nitrogen and oxygen atoms in total. The third kappa shape index (κ3) is 3.69. The van der Waals surface area contributed by atoms with Crippen LogP contribution in [-0.4, -0.2) is 52.6 Å². The molecule has 4 aromatic heterocycles. The minimum Gasteiger partial charge on any atom is -0.383 e. The Bertz CT molecular complexity index is 1550. The quantitative estimate of drug-likeness (QED) is 0.391. The van der Waals surface area contributed by atoms with Crippen molar-refractivity contribution in [3.8, 4) is 11.5 Å². The fourth-order valence-electron chi connectivity index (χ4n) is 5.12. The Balaban J connectivity index is 1.46. The Morgan fingerprint density at radius 3 is 2.78 bits per heavy atom. The minimum absolute atomic E-state index is 0.0131. The first-order valence-corrected chi connectivity index (χ1v) is 12.1. The molecular weight excluding hydrogens is 480 g/mol. The van der Waals surface area contributed by atoms with Crippen molar-refractivity contribution in [2.24, 2.45) is 5.92 Å². The van der Waals surface area contributed by atoms with E-state index in [1.54, 1.807) is 35.4 Å². The van der Waals surface area contributed by atoms with Gasteiger partial charge in [0.05, 0.1) is 22.6 Å². The SMILES string of the molecule is Cc1cncc(C2(C3CC3)C(=O)Nc3nc(-c4cn5ccnc5c(CCC(C)(F)CF)n4)nc(N)c32)n1.